The largest absolute Gasteiger partial charge is 0.126 e. The average molecular weight is 260 g/mol. The highest BCUT2D eigenvalue weighted by Gasteiger charge is 1.89. The van der Waals surface area contributed by atoms with Crippen LogP contribution in [0.2, 0.25) is 0 Å². The summed E-state index contributed by atoms with van der Waals surface area (Å²) in [7, 11) is 0. The van der Waals surface area contributed by atoms with Gasteiger partial charge in [0.05, 0.1) is 0 Å². The van der Waals surface area contributed by atoms with E-state index in [9.17, 15) is 0 Å². The van der Waals surface area contributed by atoms with Crippen LogP contribution in [0.4, 0.5) is 0 Å². The predicted molar refractivity (Wildman–Crippen MR) is 62.3 cm³/mol. The molecule has 1 aromatic carbocycles. The molecule has 0 bridgehead atoms. The highest BCUT2D eigenvalue weighted by molar-refractivity contribution is 9.10. The number of hydrogen-bond donors (Lipinski definition) is 0. The fourth-order valence-corrected chi connectivity index (χ4v) is 1.64. The Labute approximate surface area is 92.7 Å². The molecule has 70 valence electrons. The summed E-state index contributed by atoms with van der Waals surface area (Å²) < 4.78 is 1.13. The molecule has 0 saturated carbocycles. The predicted octanol–water partition coefficient (Wildman–Crippen LogP) is 4.18. The summed E-state index contributed by atoms with van der Waals surface area (Å²) in [6.45, 7) is 0. The lowest BCUT2D eigenvalue weighted by molar-refractivity contribution is 1.18. The number of hydrogen-bond acceptors (Lipinski definition) is 0. The van der Waals surface area contributed by atoms with Crippen molar-refractivity contribution >= 4 is 27.5 Å². The van der Waals surface area contributed by atoms with E-state index in [0.717, 1.165) is 17.3 Å². The van der Waals surface area contributed by atoms with Crippen molar-refractivity contribution in [2.45, 2.75) is 12.8 Å². The molecule has 0 aliphatic heterocycles. The first-order valence-electron chi connectivity index (χ1n) is 4.28. The lowest BCUT2D eigenvalue weighted by Crippen LogP contribution is -1.80. The molecule has 0 fully saturated rings. The summed E-state index contributed by atoms with van der Waals surface area (Å²) in [5.41, 5.74) is 1.32. The number of benzene rings is 1. The summed E-state index contributed by atoms with van der Waals surface area (Å²) in [5, 5.41) is 0. The molecule has 0 unspecified atom stereocenters. The van der Waals surface area contributed by atoms with Crippen molar-refractivity contribution in [3.05, 3.63) is 46.5 Å². The molecule has 0 saturated heterocycles. The molecule has 0 N–H and O–H groups in total. The molecular weight excluding hydrogens is 247 g/mol. The second-order valence-electron chi connectivity index (χ2n) is 2.78. The lowest BCUT2D eigenvalue weighted by Gasteiger charge is -1.96. The van der Waals surface area contributed by atoms with Crippen molar-refractivity contribution in [1.82, 2.24) is 0 Å². The van der Waals surface area contributed by atoms with Crippen LogP contribution in [-0.2, 0) is 6.42 Å². The lowest BCUT2D eigenvalue weighted by atomic mass is 10.1. The van der Waals surface area contributed by atoms with Crippen LogP contribution in [0.3, 0.4) is 0 Å². The van der Waals surface area contributed by atoms with Gasteiger partial charge in [-0.1, -0.05) is 40.2 Å². The second kappa shape index (κ2) is 6.22. The monoisotopic (exact) mass is 258 g/mol. The molecule has 0 heterocycles. The van der Waals surface area contributed by atoms with Crippen molar-refractivity contribution in [2.24, 2.45) is 0 Å². The minimum Gasteiger partial charge on any atom is -0.126 e. The van der Waals surface area contributed by atoms with Crippen LogP contribution in [0.25, 0.3) is 0 Å². The fraction of sp³-hybridized carbons (Fsp3) is 0.273. The van der Waals surface area contributed by atoms with Crippen LogP contribution in [0.1, 0.15) is 12.0 Å². The molecule has 13 heavy (non-hydrogen) atoms. The maximum absolute atomic E-state index is 5.55. The standard InChI is InChI=1S/C11H12BrCl/c12-11-7-4-6-10(9-11)5-2-1-3-8-13/h1-2,4,6-7,9H,3,5,8H2. The normalized spacial score (nSPS) is 10.9. The van der Waals surface area contributed by atoms with Gasteiger partial charge >= 0.3 is 0 Å². The van der Waals surface area contributed by atoms with E-state index < -0.39 is 0 Å². The van der Waals surface area contributed by atoms with Gasteiger partial charge in [0.1, 0.15) is 0 Å². The van der Waals surface area contributed by atoms with Crippen LogP contribution in [0.15, 0.2) is 40.9 Å². The molecule has 0 aromatic heterocycles. The number of rotatable bonds is 4. The molecule has 0 radical (unpaired) electrons. The van der Waals surface area contributed by atoms with Crippen LogP contribution >= 0.6 is 27.5 Å². The number of halogens is 2. The van der Waals surface area contributed by atoms with Gasteiger partial charge in [-0.15, -0.1) is 11.6 Å². The van der Waals surface area contributed by atoms with Crippen molar-refractivity contribution in [3.63, 3.8) is 0 Å². The average Bonchev–Trinajstić information content (AvgIpc) is 2.13. The van der Waals surface area contributed by atoms with Gasteiger partial charge < -0.3 is 0 Å². The Hall–Kier alpha value is -0.270. The van der Waals surface area contributed by atoms with Crippen LogP contribution < -0.4 is 0 Å². The zero-order valence-corrected chi connectivity index (χ0v) is 9.68. The van der Waals surface area contributed by atoms with Crippen molar-refractivity contribution in [2.75, 3.05) is 5.88 Å². The second-order valence-corrected chi connectivity index (χ2v) is 4.08. The first-order chi connectivity index (χ1) is 6.33. The van der Waals surface area contributed by atoms with Gasteiger partial charge in [-0.2, -0.15) is 0 Å². The molecule has 0 amide bonds. The van der Waals surface area contributed by atoms with E-state index in [-0.39, 0.29) is 0 Å². The summed E-state index contributed by atoms with van der Waals surface area (Å²) in [4.78, 5) is 0. The first-order valence-corrected chi connectivity index (χ1v) is 5.61. The van der Waals surface area contributed by atoms with Crippen molar-refractivity contribution < 1.29 is 0 Å². The third-order valence-electron chi connectivity index (χ3n) is 1.69. The fourth-order valence-electron chi connectivity index (χ4n) is 1.06. The maximum atomic E-state index is 5.55. The Balaban J connectivity index is 2.45. The SMILES string of the molecule is ClCCC=CCc1cccc(Br)c1. The van der Waals surface area contributed by atoms with Crippen LogP contribution in [0, 0.1) is 0 Å². The Kier molecular flexibility index (Phi) is 5.18. The Morgan fingerprint density at radius 3 is 2.85 bits per heavy atom. The van der Waals surface area contributed by atoms with Gasteiger partial charge in [0.25, 0.3) is 0 Å². The van der Waals surface area contributed by atoms with Crippen LogP contribution in [-0.4, -0.2) is 5.88 Å². The van der Waals surface area contributed by atoms with E-state index in [1.54, 1.807) is 0 Å². The van der Waals surface area contributed by atoms with Crippen molar-refractivity contribution in [1.29, 1.82) is 0 Å². The maximum Gasteiger partial charge on any atom is 0.0258 e. The zero-order valence-electron chi connectivity index (χ0n) is 7.34. The Morgan fingerprint density at radius 2 is 2.15 bits per heavy atom. The molecular formula is C11H12BrCl. The van der Waals surface area contributed by atoms with Gasteiger partial charge in [-0.3, -0.25) is 0 Å². The Bertz CT molecular complexity index is 281. The van der Waals surface area contributed by atoms with E-state index in [1.807, 2.05) is 6.07 Å². The quantitative estimate of drug-likeness (QED) is 0.562. The van der Waals surface area contributed by atoms with E-state index >= 15 is 0 Å². The third kappa shape index (κ3) is 4.49. The Morgan fingerprint density at radius 1 is 1.31 bits per heavy atom. The third-order valence-corrected chi connectivity index (χ3v) is 2.40. The smallest absolute Gasteiger partial charge is 0.0258 e. The van der Waals surface area contributed by atoms with Crippen LogP contribution in [0.5, 0.6) is 0 Å². The first kappa shape index (κ1) is 10.8. The van der Waals surface area contributed by atoms with Gasteiger partial charge in [-0.05, 0) is 30.5 Å². The molecule has 1 rings (SSSR count). The van der Waals surface area contributed by atoms with Gasteiger partial charge in [0, 0.05) is 10.4 Å². The number of allylic oxidation sites excluding steroid dienone is 2. The van der Waals surface area contributed by atoms with E-state index in [4.69, 9.17) is 11.6 Å². The molecule has 0 aliphatic rings. The molecule has 0 aliphatic carbocycles. The zero-order chi connectivity index (χ0) is 9.52. The molecule has 0 atom stereocenters. The number of alkyl halides is 1. The van der Waals surface area contributed by atoms with E-state index in [1.165, 1.54) is 5.56 Å². The summed E-state index contributed by atoms with van der Waals surface area (Å²) in [6.07, 6.45) is 6.21. The molecule has 0 nitrogen and oxygen atoms in total. The molecule has 2 heteroatoms. The minimum atomic E-state index is 0.703. The van der Waals surface area contributed by atoms with E-state index in [0.29, 0.717) is 5.88 Å². The minimum absolute atomic E-state index is 0.703. The summed E-state index contributed by atoms with van der Waals surface area (Å²) >= 11 is 8.99. The highest BCUT2D eigenvalue weighted by Crippen LogP contribution is 2.12. The molecule has 0 spiro atoms. The van der Waals surface area contributed by atoms with Gasteiger partial charge in [0.15, 0.2) is 0 Å². The van der Waals surface area contributed by atoms with E-state index in [2.05, 4.69) is 46.3 Å². The topological polar surface area (TPSA) is 0 Å². The van der Waals surface area contributed by atoms with Gasteiger partial charge in [-0.25, -0.2) is 0 Å². The van der Waals surface area contributed by atoms with Crippen molar-refractivity contribution in [3.8, 4) is 0 Å². The summed E-state index contributed by atoms with van der Waals surface area (Å²) in [5.74, 6) is 0.703. The molecule has 1 aromatic rings. The van der Waals surface area contributed by atoms with Gasteiger partial charge in [0.2, 0.25) is 0 Å². The summed E-state index contributed by atoms with van der Waals surface area (Å²) in [6, 6.07) is 8.33. The highest BCUT2D eigenvalue weighted by atomic mass is 79.9.